The fraction of sp³-hybridized carbons (Fsp3) is 0.462. The first-order valence-electron chi connectivity index (χ1n) is 5.90. The molecule has 1 aliphatic heterocycles. The number of carboxylic acids is 1. The largest absolute Gasteiger partial charge is 0.492 e. The smallest absolute Gasteiger partial charge is 0.339 e. The van der Waals surface area contributed by atoms with Gasteiger partial charge in [-0.2, -0.15) is 0 Å². The Morgan fingerprint density at radius 1 is 1.44 bits per heavy atom. The summed E-state index contributed by atoms with van der Waals surface area (Å²) in [5, 5.41) is 9.12. The zero-order valence-electron chi connectivity index (χ0n) is 9.89. The van der Waals surface area contributed by atoms with E-state index in [-0.39, 0.29) is 5.56 Å². The van der Waals surface area contributed by atoms with Crippen molar-refractivity contribution >= 4 is 28.6 Å². The van der Waals surface area contributed by atoms with Crippen LogP contribution in [0, 0.1) is 9.49 Å². The molecule has 0 aliphatic carbocycles. The highest BCUT2D eigenvalue weighted by Crippen LogP contribution is 2.23. The summed E-state index contributed by atoms with van der Waals surface area (Å²) in [5.41, 5.74) is 0.231. The lowest BCUT2D eigenvalue weighted by atomic mass is 10.0. The molecule has 0 saturated carbocycles. The Labute approximate surface area is 119 Å². The number of ether oxygens (including phenoxy) is 2. The third-order valence-electron chi connectivity index (χ3n) is 2.99. The van der Waals surface area contributed by atoms with Gasteiger partial charge in [-0.3, -0.25) is 0 Å². The molecule has 18 heavy (non-hydrogen) atoms. The molecule has 0 aromatic heterocycles. The highest BCUT2D eigenvalue weighted by atomic mass is 127. The van der Waals surface area contributed by atoms with Gasteiger partial charge in [0, 0.05) is 16.8 Å². The van der Waals surface area contributed by atoms with Crippen LogP contribution >= 0.6 is 22.6 Å². The molecule has 1 heterocycles. The van der Waals surface area contributed by atoms with Crippen LogP contribution in [-0.4, -0.2) is 30.9 Å². The lowest BCUT2D eigenvalue weighted by Gasteiger charge is -2.22. The van der Waals surface area contributed by atoms with Crippen LogP contribution in [0.4, 0.5) is 0 Å². The molecule has 1 aliphatic rings. The maximum atomic E-state index is 11.1. The number of rotatable bonds is 4. The van der Waals surface area contributed by atoms with E-state index in [1.54, 1.807) is 12.1 Å². The monoisotopic (exact) mass is 362 g/mol. The Balaban J connectivity index is 2.01. The minimum Gasteiger partial charge on any atom is -0.492 e. The fourth-order valence-corrected chi connectivity index (χ4v) is 2.41. The second kappa shape index (κ2) is 6.38. The topological polar surface area (TPSA) is 55.8 Å². The highest BCUT2D eigenvalue weighted by Gasteiger charge is 2.17. The molecule has 1 aromatic rings. The van der Waals surface area contributed by atoms with Crippen molar-refractivity contribution in [1.29, 1.82) is 0 Å². The van der Waals surface area contributed by atoms with Gasteiger partial charge in [-0.1, -0.05) is 0 Å². The molecule has 1 aromatic carbocycles. The van der Waals surface area contributed by atoms with Crippen LogP contribution < -0.4 is 4.74 Å². The Morgan fingerprint density at radius 2 is 2.17 bits per heavy atom. The van der Waals surface area contributed by atoms with Crippen molar-refractivity contribution in [3.05, 3.63) is 27.3 Å². The average molecular weight is 362 g/mol. The molecule has 5 heteroatoms. The quantitative estimate of drug-likeness (QED) is 0.837. The molecule has 98 valence electrons. The first-order chi connectivity index (χ1) is 8.66. The van der Waals surface area contributed by atoms with Crippen LogP contribution in [0.2, 0.25) is 0 Å². The lowest BCUT2D eigenvalue weighted by molar-refractivity contribution is 0.0490. The predicted molar refractivity (Wildman–Crippen MR) is 75.2 cm³/mol. The summed E-state index contributed by atoms with van der Waals surface area (Å²) in [7, 11) is 0. The van der Waals surface area contributed by atoms with E-state index in [4.69, 9.17) is 14.6 Å². The van der Waals surface area contributed by atoms with Crippen LogP contribution in [0.3, 0.4) is 0 Å². The molecule has 0 spiro atoms. The van der Waals surface area contributed by atoms with Crippen molar-refractivity contribution in [2.24, 2.45) is 5.92 Å². The van der Waals surface area contributed by atoms with E-state index < -0.39 is 5.97 Å². The summed E-state index contributed by atoms with van der Waals surface area (Å²) < 4.78 is 11.8. The third kappa shape index (κ3) is 3.58. The van der Waals surface area contributed by atoms with Gasteiger partial charge >= 0.3 is 5.97 Å². The molecular weight excluding hydrogens is 347 g/mol. The van der Waals surface area contributed by atoms with E-state index in [2.05, 4.69) is 22.6 Å². The van der Waals surface area contributed by atoms with Gasteiger partial charge in [0.15, 0.2) is 0 Å². The molecule has 0 amide bonds. The highest BCUT2D eigenvalue weighted by molar-refractivity contribution is 14.1. The van der Waals surface area contributed by atoms with Gasteiger partial charge in [0.1, 0.15) is 11.3 Å². The number of hydrogen-bond donors (Lipinski definition) is 1. The summed E-state index contributed by atoms with van der Waals surface area (Å²) >= 11 is 2.09. The predicted octanol–water partition coefficient (Wildman–Crippen LogP) is 2.79. The van der Waals surface area contributed by atoms with E-state index in [9.17, 15) is 4.79 Å². The van der Waals surface area contributed by atoms with Crippen LogP contribution in [0.15, 0.2) is 18.2 Å². The van der Waals surface area contributed by atoms with Crippen molar-refractivity contribution in [1.82, 2.24) is 0 Å². The summed E-state index contributed by atoms with van der Waals surface area (Å²) in [6.07, 6.45) is 1.96. The maximum Gasteiger partial charge on any atom is 0.339 e. The van der Waals surface area contributed by atoms with Gasteiger partial charge in [-0.25, -0.2) is 4.79 Å². The molecule has 1 saturated heterocycles. The second-order valence-corrected chi connectivity index (χ2v) is 5.56. The molecule has 0 bridgehead atoms. The van der Waals surface area contributed by atoms with E-state index in [1.807, 2.05) is 6.07 Å². The molecule has 1 N–H and O–H groups in total. The van der Waals surface area contributed by atoms with E-state index in [0.29, 0.717) is 18.3 Å². The summed E-state index contributed by atoms with van der Waals surface area (Å²) in [6, 6.07) is 5.21. The Hall–Kier alpha value is -0.820. The average Bonchev–Trinajstić information content (AvgIpc) is 2.38. The SMILES string of the molecule is O=C(O)c1cc(I)ccc1OCC1CCOCC1. The molecule has 0 radical (unpaired) electrons. The first kappa shape index (κ1) is 13.6. The number of hydrogen-bond acceptors (Lipinski definition) is 3. The fourth-order valence-electron chi connectivity index (χ4n) is 1.92. The Bertz CT molecular complexity index is 427. The number of benzene rings is 1. The molecule has 1 fully saturated rings. The Kier molecular flexibility index (Phi) is 4.82. The Morgan fingerprint density at radius 3 is 2.83 bits per heavy atom. The van der Waals surface area contributed by atoms with Crippen LogP contribution in [-0.2, 0) is 4.74 Å². The summed E-state index contributed by atoms with van der Waals surface area (Å²) in [4.78, 5) is 11.1. The maximum absolute atomic E-state index is 11.1. The molecule has 0 atom stereocenters. The van der Waals surface area contributed by atoms with Gasteiger partial charge in [0.2, 0.25) is 0 Å². The summed E-state index contributed by atoms with van der Waals surface area (Å²) in [6.45, 7) is 2.10. The van der Waals surface area contributed by atoms with Gasteiger partial charge in [0.05, 0.1) is 6.61 Å². The third-order valence-corrected chi connectivity index (χ3v) is 3.66. The minimum absolute atomic E-state index is 0.231. The van der Waals surface area contributed by atoms with Crippen molar-refractivity contribution in [3.63, 3.8) is 0 Å². The summed E-state index contributed by atoms with van der Waals surface area (Å²) in [5.74, 6) is -0.0374. The molecule has 2 rings (SSSR count). The van der Waals surface area contributed by atoms with E-state index in [1.165, 1.54) is 0 Å². The normalized spacial score (nSPS) is 16.5. The standard InChI is InChI=1S/C13H15IO4/c14-10-1-2-12(11(7-10)13(15)16)18-8-9-3-5-17-6-4-9/h1-2,7,9H,3-6,8H2,(H,15,16). The molecule has 0 unspecified atom stereocenters. The number of halogens is 1. The van der Waals surface area contributed by atoms with E-state index >= 15 is 0 Å². The van der Waals surface area contributed by atoms with Gasteiger partial charge in [-0.15, -0.1) is 0 Å². The van der Waals surface area contributed by atoms with Crippen LogP contribution in [0.5, 0.6) is 5.75 Å². The first-order valence-corrected chi connectivity index (χ1v) is 6.98. The van der Waals surface area contributed by atoms with E-state index in [0.717, 1.165) is 29.6 Å². The zero-order chi connectivity index (χ0) is 13.0. The second-order valence-electron chi connectivity index (χ2n) is 4.31. The van der Waals surface area contributed by atoms with Crippen LogP contribution in [0.1, 0.15) is 23.2 Å². The van der Waals surface area contributed by atoms with Crippen molar-refractivity contribution in [2.45, 2.75) is 12.8 Å². The zero-order valence-corrected chi connectivity index (χ0v) is 12.1. The minimum atomic E-state index is -0.949. The molecule has 4 nitrogen and oxygen atoms in total. The van der Waals surface area contributed by atoms with Crippen molar-refractivity contribution in [2.75, 3.05) is 19.8 Å². The molecular formula is C13H15IO4. The van der Waals surface area contributed by atoms with Crippen molar-refractivity contribution < 1.29 is 19.4 Å². The van der Waals surface area contributed by atoms with Gasteiger partial charge in [-0.05, 0) is 59.5 Å². The van der Waals surface area contributed by atoms with Crippen molar-refractivity contribution in [3.8, 4) is 5.75 Å². The number of aromatic carboxylic acids is 1. The van der Waals surface area contributed by atoms with Gasteiger partial charge in [0.25, 0.3) is 0 Å². The van der Waals surface area contributed by atoms with Crippen LogP contribution in [0.25, 0.3) is 0 Å². The number of carbonyl (C=O) groups is 1. The lowest BCUT2D eigenvalue weighted by Crippen LogP contribution is -2.22. The number of carboxylic acid groups (broad SMARTS) is 1. The van der Waals surface area contributed by atoms with Gasteiger partial charge < -0.3 is 14.6 Å².